The average molecular weight is 560 g/mol. The highest BCUT2D eigenvalue weighted by atomic mass is 35.5. The van der Waals surface area contributed by atoms with E-state index < -0.39 is 11.7 Å². The van der Waals surface area contributed by atoms with E-state index in [0.29, 0.717) is 30.3 Å². The molecule has 1 amide bonds. The van der Waals surface area contributed by atoms with Crippen molar-refractivity contribution < 1.29 is 27.4 Å². The van der Waals surface area contributed by atoms with Gasteiger partial charge in [0.05, 0.1) is 46.8 Å². The molecule has 204 valence electrons. The Morgan fingerprint density at radius 1 is 1.13 bits per heavy atom. The summed E-state index contributed by atoms with van der Waals surface area (Å²) in [6.45, 7) is 2.48. The molecule has 0 aliphatic carbocycles. The highest BCUT2D eigenvalue weighted by Gasteiger charge is 2.33. The molecule has 4 rings (SSSR count). The van der Waals surface area contributed by atoms with Crippen LogP contribution in [0.5, 0.6) is 0 Å². The van der Waals surface area contributed by atoms with Crippen molar-refractivity contribution in [3.63, 3.8) is 0 Å². The van der Waals surface area contributed by atoms with Crippen LogP contribution in [0.2, 0.25) is 5.02 Å². The minimum absolute atomic E-state index is 0.0492. The lowest BCUT2D eigenvalue weighted by molar-refractivity contribution is -0.137. The van der Waals surface area contributed by atoms with Crippen LogP contribution in [0.4, 0.5) is 24.5 Å². The zero-order chi connectivity index (χ0) is 28.0. The Hall–Kier alpha value is -3.93. The highest BCUT2D eigenvalue weighted by molar-refractivity contribution is 6.31. The molecular formula is C27H25ClF3N5O3. The van der Waals surface area contributed by atoms with Gasteiger partial charge in [-0.3, -0.25) is 9.78 Å². The van der Waals surface area contributed by atoms with Crippen LogP contribution in [0, 0.1) is 0 Å². The Bertz CT molecular complexity index is 1490. The van der Waals surface area contributed by atoms with Crippen LogP contribution in [0.3, 0.4) is 0 Å². The summed E-state index contributed by atoms with van der Waals surface area (Å²) in [5.41, 5.74) is 1.83. The quantitative estimate of drug-likeness (QED) is 0.110. The summed E-state index contributed by atoms with van der Waals surface area (Å²) in [5.74, 6) is 0.0988. The first-order chi connectivity index (χ1) is 18.7. The monoisotopic (exact) mass is 559 g/mol. The van der Waals surface area contributed by atoms with E-state index in [0.717, 1.165) is 22.7 Å². The maximum atomic E-state index is 13.1. The van der Waals surface area contributed by atoms with E-state index in [4.69, 9.17) is 21.1 Å². The molecule has 0 spiro atoms. The van der Waals surface area contributed by atoms with E-state index in [-0.39, 0.29) is 23.3 Å². The molecule has 2 N–H and O–H groups in total. The number of fused-ring (bicyclic) bond motifs is 1. The molecule has 0 saturated heterocycles. The molecule has 12 heteroatoms. The van der Waals surface area contributed by atoms with Gasteiger partial charge >= 0.3 is 6.18 Å². The minimum Gasteiger partial charge on any atom is -0.382 e. The smallest absolute Gasteiger partial charge is 0.382 e. The maximum absolute atomic E-state index is 13.1. The molecule has 0 aliphatic rings. The molecule has 2 aromatic heterocycles. The number of amidine groups is 1. The normalized spacial score (nSPS) is 12.1. The number of aromatic nitrogens is 2. The fourth-order valence-electron chi connectivity index (χ4n) is 3.83. The lowest BCUT2D eigenvalue weighted by Gasteiger charge is -2.12. The largest absolute Gasteiger partial charge is 0.417 e. The Kier molecular flexibility index (Phi) is 8.85. The number of amides is 1. The van der Waals surface area contributed by atoms with Crippen molar-refractivity contribution in [2.75, 3.05) is 32.4 Å². The molecule has 0 radical (unpaired) electrons. The molecule has 39 heavy (non-hydrogen) atoms. The predicted molar refractivity (Wildman–Crippen MR) is 144 cm³/mol. The first-order valence-corrected chi connectivity index (χ1v) is 12.1. The number of benzene rings is 2. The number of nitrogens with one attached hydrogen (secondary N) is 2. The molecule has 0 atom stereocenters. The van der Waals surface area contributed by atoms with Gasteiger partial charge in [0.2, 0.25) is 0 Å². The number of pyridine rings is 1. The third kappa shape index (κ3) is 6.94. The number of carbonyl (C=O) groups excluding carboxylic acids is 1. The molecule has 0 aliphatic heterocycles. The van der Waals surface area contributed by atoms with Crippen LogP contribution in [-0.4, -0.2) is 48.3 Å². The number of alkyl halides is 3. The van der Waals surface area contributed by atoms with Crippen molar-refractivity contribution in [1.29, 1.82) is 0 Å². The Labute approximate surface area is 227 Å². The van der Waals surface area contributed by atoms with Gasteiger partial charge in [0, 0.05) is 36.3 Å². The third-order valence-corrected chi connectivity index (χ3v) is 5.97. The lowest BCUT2D eigenvalue weighted by Crippen LogP contribution is -2.26. The third-order valence-electron chi connectivity index (χ3n) is 5.64. The van der Waals surface area contributed by atoms with Crippen LogP contribution >= 0.6 is 11.6 Å². The number of anilines is 1. The minimum atomic E-state index is -4.56. The second kappa shape index (κ2) is 12.3. The second-order valence-corrected chi connectivity index (χ2v) is 8.80. The number of aliphatic imine (C=N–C) groups is 1. The molecule has 8 nitrogen and oxygen atoms in total. The summed E-state index contributed by atoms with van der Waals surface area (Å²) in [6.07, 6.45) is 0.444. The van der Waals surface area contributed by atoms with E-state index >= 15 is 0 Å². The number of ether oxygens (including phenoxy) is 2. The van der Waals surface area contributed by atoms with Crippen LogP contribution < -0.4 is 10.6 Å². The molecule has 0 saturated carbocycles. The predicted octanol–water partition coefficient (Wildman–Crippen LogP) is 6.21. The first kappa shape index (κ1) is 28.1. The summed E-state index contributed by atoms with van der Waals surface area (Å²) in [4.78, 5) is 21.4. The van der Waals surface area contributed by atoms with Gasteiger partial charge in [-0.25, -0.2) is 4.99 Å². The number of rotatable bonds is 9. The summed E-state index contributed by atoms with van der Waals surface area (Å²) < 4.78 is 51.5. The average Bonchev–Trinajstić information content (AvgIpc) is 3.29. The first-order valence-electron chi connectivity index (χ1n) is 11.8. The van der Waals surface area contributed by atoms with Crippen molar-refractivity contribution in [2.45, 2.75) is 13.1 Å². The van der Waals surface area contributed by atoms with Gasteiger partial charge in [-0.05, 0) is 55.5 Å². The van der Waals surface area contributed by atoms with Gasteiger partial charge in [-0.1, -0.05) is 11.6 Å². The van der Waals surface area contributed by atoms with Gasteiger partial charge in [0.1, 0.15) is 12.6 Å². The van der Waals surface area contributed by atoms with E-state index in [1.807, 2.05) is 16.7 Å². The van der Waals surface area contributed by atoms with Gasteiger partial charge in [-0.2, -0.15) is 13.2 Å². The van der Waals surface area contributed by atoms with E-state index in [9.17, 15) is 18.0 Å². The Morgan fingerprint density at radius 3 is 2.62 bits per heavy atom. The van der Waals surface area contributed by atoms with Crippen molar-refractivity contribution in [3.8, 4) is 5.69 Å². The van der Waals surface area contributed by atoms with Crippen LogP contribution in [0.1, 0.15) is 22.8 Å². The zero-order valence-electron chi connectivity index (χ0n) is 21.1. The summed E-state index contributed by atoms with van der Waals surface area (Å²) in [7, 11) is 1.57. The standard InChI is InChI=1S/C27H25ClF3N5O3/c1-17(35-19-5-8-24(28)23(13-19)27(29,30)31)34-18-3-6-20(7-4-18)36-15-22(21-9-10-32-14-25(21)36)26(37)33-16-39-12-11-38-2/h3-10,13-15H,11-12,16H2,1-2H3,(H,33,37)(H,34,35). The van der Waals surface area contributed by atoms with Crippen molar-refractivity contribution >= 4 is 45.6 Å². The summed E-state index contributed by atoms with van der Waals surface area (Å²) in [5, 5.41) is 5.95. The van der Waals surface area contributed by atoms with Gasteiger partial charge in [0.15, 0.2) is 0 Å². The summed E-state index contributed by atoms with van der Waals surface area (Å²) in [6, 6.07) is 12.5. The van der Waals surface area contributed by atoms with Gasteiger partial charge < -0.3 is 24.7 Å². The van der Waals surface area contributed by atoms with Crippen molar-refractivity contribution in [3.05, 3.63) is 83.3 Å². The molecule has 2 heterocycles. The molecule has 0 bridgehead atoms. The Morgan fingerprint density at radius 2 is 1.90 bits per heavy atom. The van der Waals surface area contributed by atoms with Crippen LogP contribution in [-0.2, 0) is 15.7 Å². The molecule has 4 aromatic rings. The summed E-state index contributed by atoms with van der Waals surface area (Å²) >= 11 is 5.69. The Balaban J connectivity index is 1.51. The van der Waals surface area contributed by atoms with Gasteiger partial charge in [0.25, 0.3) is 5.91 Å². The van der Waals surface area contributed by atoms with Crippen LogP contribution in [0.15, 0.2) is 72.1 Å². The topological polar surface area (TPSA) is 89.8 Å². The zero-order valence-corrected chi connectivity index (χ0v) is 21.8. The number of carbonyl (C=O) groups is 1. The van der Waals surface area contributed by atoms with Crippen molar-refractivity contribution in [1.82, 2.24) is 14.9 Å². The number of hydrogen-bond donors (Lipinski definition) is 2. The lowest BCUT2D eigenvalue weighted by atomic mass is 10.2. The molecule has 0 unspecified atom stereocenters. The number of nitrogens with zero attached hydrogens (tertiary/aromatic N) is 3. The number of halogens is 4. The van der Waals surface area contributed by atoms with E-state index in [2.05, 4.69) is 20.6 Å². The van der Waals surface area contributed by atoms with Crippen LogP contribution in [0.25, 0.3) is 16.6 Å². The maximum Gasteiger partial charge on any atom is 0.417 e. The van der Waals surface area contributed by atoms with E-state index in [1.165, 1.54) is 12.1 Å². The second-order valence-electron chi connectivity index (χ2n) is 8.39. The van der Waals surface area contributed by atoms with Crippen molar-refractivity contribution in [2.24, 2.45) is 4.99 Å². The number of hydrogen-bond acceptors (Lipinski definition) is 5. The number of methoxy groups -OCH3 is 1. The van der Waals surface area contributed by atoms with E-state index in [1.54, 1.807) is 50.8 Å². The fraction of sp³-hybridized carbons (Fsp3) is 0.222. The van der Waals surface area contributed by atoms with Gasteiger partial charge in [-0.15, -0.1) is 0 Å². The SMILES string of the molecule is COCCOCNC(=O)c1cn(-c2ccc(N=C(C)Nc3ccc(Cl)c(C(F)(F)F)c3)cc2)c2cnccc12. The molecular weight excluding hydrogens is 535 g/mol. The highest BCUT2D eigenvalue weighted by Crippen LogP contribution is 2.36. The fourth-order valence-corrected chi connectivity index (χ4v) is 4.06. The molecule has 0 fully saturated rings. The molecule has 2 aromatic carbocycles.